The summed E-state index contributed by atoms with van der Waals surface area (Å²) in [5.74, 6) is -0.928. The van der Waals surface area contributed by atoms with Crippen molar-refractivity contribution in [1.29, 1.82) is 0 Å². The summed E-state index contributed by atoms with van der Waals surface area (Å²) < 4.78 is 58.2. The third-order valence-corrected chi connectivity index (χ3v) is 6.51. The first-order valence-corrected chi connectivity index (χ1v) is 12.7. The number of rotatable bonds is 12. The fraction of sp³-hybridized carbons (Fsp3) is 0.423. The number of aryl methyl sites for hydroxylation is 1. The number of H-pyrrole nitrogens is 1. The molecule has 1 fully saturated rings. The van der Waals surface area contributed by atoms with E-state index in [1.807, 2.05) is 0 Å². The number of carbonyl (C=O) groups excluding carboxylic acids is 2. The highest BCUT2D eigenvalue weighted by Crippen LogP contribution is 2.29. The van der Waals surface area contributed by atoms with E-state index < -0.39 is 36.3 Å². The molecule has 0 aliphatic heterocycles. The lowest BCUT2D eigenvalue weighted by Gasteiger charge is -2.24. The van der Waals surface area contributed by atoms with E-state index in [9.17, 15) is 27.6 Å². The molecule has 10 nitrogen and oxygen atoms in total. The Hall–Kier alpha value is -4.23. The Kier molecular flexibility index (Phi) is 9.17. The molecule has 1 aromatic carbocycles. The molecule has 4 rings (SSSR count). The predicted molar refractivity (Wildman–Crippen MR) is 135 cm³/mol. The summed E-state index contributed by atoms with van der Waals surface area (Å²) in [7, 11) is 0. The van der Waals surface area contributed by atoms with E-state index in [4.69, 9.17) is 0 Å². The molecule has 1 saturated carbocycles. The quantitative estimate of drug-likeness (QED) is 0.320. The number of nitrogens with zero attached hydrogens (tertiary/aromatic N) is 4. The fourth-order valence-corrected chi connectivity index (χ4v) is 4.30. The molecule has 0 bridgehead atoms. The Balaban J connectivity index is 1.37. The molecule has 1 aliphatic carbocycles. The molecule has 0 spiro atoms. The van der Waals surface area contributed by atoms with Gasteiger partial charge in [-0.05, 0) is 48.9 Å². The second-order valence-corrected chi connectivity index (χ2v) is 9.62. The first kappa shape index (κ1) is 28.8. The van der Waals surface area contributed by atoms with Crippen molar-refractivity contribution >= 4 is 17.5 Å². The molecule has 1 aliphatic rings. The first-order chi connectivity index (χ1) is 19.1. The number of halogens is 4. The number of benzene rings is 1. The minimum absolute atomic E-state index is 0.00278. The zero-order valence-electron chi connectivity index (χ0n) is 21.4. The van der Waals surface area contributed by atoms with Crippen LogP contribution in [0.2, 0.25) is 0 Å². The third kappa shape index (κ3) is 8.38. The summed E-state index contributed by atoms with van der Waals surface area (Å²) in [6.45, 7) is -0.645. The molecule has 214 valence electrons. The lowest BCUT2D eigenvalue weighted by molar-refractivity contribution is -0.274. The van der Waals surface area contributed by atoms with Crippen molar-refractivity contribution in [3.8, 4) is 5.75 Å². The van der Waals surface area contributed by atoms with Crippen LogP contribution in [0.4, 0.5) is 23.2 Å². The van der Waals surface area contributed by atoms with Gasteiger partial charge in [0.15, 0.2) is 5.69 Å². The number of alkyl halides is 4. The number of aromatic amines is 1. The number of hydrogen-bond acceptors (Lipinski definition) is 6. The van der Waals surface area contributed by atoms with Crippen molar-refractivity contribution < 1.29 is 31.9 Å². The number of nitrogens with one attached hydrogen (secondary N) is 2. The van der Waals surface area contributed by atoms with Crippen LogP contribution in [0.25, 0.3) is 0 Å². The van der Waals surface area contributed by atoms with Crippen LogP contribution in [-0.2, 0) is 17.9 Å². The maximum atomic E-state index is 15.1. The zero-order valence-corrected chi connectivity index (χ0v) is 21.4. The molecular weight excluding hydrogens is 536 g/mol. The smallest absolute Gasteiger partial charge is 0.406 e. The number of hydrogen-bond donors (Lipinski definition) is 2. The molecule has 14 heteroatoms. The molecule has 2 aromatic heterocycles. The Morgan fingerprint density at radius 1 is 1.23 bits per heavy atom. The lowest BCUT2D eigenvalue weighted by Crippen LogP contribution is -2.36. The summed E-state index contributed by atoms with van der Waals surface area (Å²) >= 11 is 0. The van der Waals surface area contributed by atoms with Crippen molar-refractivity contribution in [2.45, 2.75) is 57.7 Å². The van der Waals surface area contributed by atoms with Crippen LogP contribution in [-0.4, -0.2) is 55.8 Å². The van der Waals surface area contributed by atoms with Crippen LogP contribution < -0.4 is 15.6 Å². The molecular formula is C26H28F4N6O4. The number of amides is 2. The second kappa shape index (κ2) is 12.7. The minimum Gasteiger partial charge on any atom is -0.406 e. The van der Waals surface area contributed by atoms with E-state index in [0.717, 1.165) is 42.5 Å². The standard InChI is InChI=1S/C26H28F4N6O4/c27-19(7-9-35-10-8-20(13-24(35)38)32-23(37)12-17-3-1-4-17)16-36(25(39)22-14-31-34-33-22)15-18-5-2-6-21(11-18)40-26(28,29)30/h2,5-6,8,10-11,13-14,17,19H,1,3-4,7,9,12,15-16H2,(H,32,37)(H,31,33,34). The van der Waals surface area contributed by atoms with Gasteiger partial charge in [-0.3, -0.25) is 14.4 Å². The summed E-state index contributed by atoms with van der Waals surface area (Å²) in [6, 6.07) is 7.85. The number of carbonyl (C=O) groups is 2. The van der Waals surface area contributed by atoms with Gasteiger partial charge in [-0.2, -0.15) is 15.4 Å². The van der Waals surface area contributed by atoms with E-state index in [1.165, 1.54) is 29.0 Å². The van der Waals surface area contributed by atoms with E-state index in [2.05, 4.69) is 25.5 Å². The number of anilines is 1. The van der Waals surface area contributed by atoms with E-state index in [-0.39, 0.29) is 36.7 Å². The molecule has 3 aromatic rings. The zero-order chi connectivity index (χ0) is 28.7. The highest BCUT2D eigenvalue weighted by molar-refractivity contribution is 5.92. The van der Waals surface area contributed by atoms with Gasteiger partial charge in [-0.25, -0.2) is 4.39 Å². The highest BCUT2D eigenvalue weighted by atomic mass is 19.4. The summed E-state index contributed by atoms with van der Waals surface area (Å²) in [6.07, 6.45) is -0.408. The summed E-state index contributed by atoms with van der Waals surface area (Å²) in [5.41, 5.74) is 0.118. The average molecular weight is 565 g/mol. The van der Waals surface area contributed by atoms with Crippen molar-refractivity contribution in [3.63, 3.8) is 0 Å². The van der Waals surface area contributed by atoms with Gasteiger partial charge in [0.1, 0.15) is 11.9 Å². The molecule has 0 saturated heterocycles. The molecule has 2 N–H and O–H groups in total. The fourth-order valence-electron chi connectivity index (χ4n) is 4.30. The van der Waals surface area contributed by atoms with Crippen molar-refractivity contribution in [1.82, 2.24) is 24.9 Å². The first-order valence-electron chi connectivity index (χ1n) is 12.7. The number of ether oxygens (including phenoxy) is 1. The SMILES string of the molecule is O=C(CC1CCC1)Nc1ccn(CCC(F)CN(Cc2cccc(OC(F)(F)F)c2)C(=O)c2cn[nH]n2)c(=O)c1. The van der Waals surface area contributed by atoms with Crippen molar-refractivity contribution in [2.75, 3.05) is 11.9 Å². The lowest BCUT2D eigenvalue weighted by atomic mass is 9.83. The molecule has 1 unspecified atom stereocenters. The van der Waals surface area contributed by atoms with Crippen LogP contribution in [0.5, 0.6) is 5.75 Å². The van der Waals surface area contributed by atoms with Gasteiger partial charge >= 0.3 is 6.36 Å². The monoisotopic (exact) mass is 564 g/mol. The Morgan fingerprint density at radius 2 is 2.02 bits per heavy atom. The van der Waals surface area contributed by atoms with Gasteiger partial charge in [0.2, 0.25) is 5.91 Å². The van der Waals surface area contributed by atoms with Gasteiger partial charge in [0.25, 0.3) is 11.5 Å². The van der Waals surface area contributed by atoms with Crippen LogP contribution in [0.15, 0.2) is 53.6 Å². The highest BCUT2D eigenvalue weighted by Gasteiger charge is 2.31. The third-order valence-electron chi connectivity index (χ3n) is 6.51. The maximum Gasteiger partial charge on any atom is 0.573 e. The van der Waals surface area contributed by atoms with Crippen LogP contribution in [0.1, 0.15) is 48.2 Å². The minimum atomic E-state index is -4.89. The van der Waals surface area contributed by atoms with Gasteiger partial charge in [-0.1, -0.05) is 18.6 Å². The van der Waals surface area contributed by atoms with Gasteiger partial charge in [0.05, 0.1) is 12.7 Å². The summed E-state index contributed by atoms with van der Waals surface area (Å²) in [4.78, 5) is 38.6. The normalized spacial score (nSPS) is 14.3. The van der Waals surface area contributed by atoms with Gasteiger partial charge < -0.3 is 19.5 Å². The molecule has 2 amide bonds. The van der Waals surface area contributed by atoms with Crippen LogP contribution in [0.3, 0.4) is 0 Å². The molecule has 0 radical (unpaired) electrons. The van der Waals surface area contributed by atoms with Crippen molar-refractivity contribution in [2.24, 2.45) is 5.92 Å². The average Bonchev–Trinajstić information content (AvgIpc) is 3.39. The van der Waals surface area contributed by atoms with E-state index >= 15 is 4.39 Å². The Labute approximate surface area is 226 Å². The Bertz CT molecular complexity index is 1360. The number of aromatic nitrogens is 4. The van der Waals surface area contributed by atoms with Crippen LogP contribution in [0, 0.1) is 5.92 Å². The summed E-state index contributed by atoms with van der Waals surface area (Å²) in [5, 5.41) is 12.3. The predicted octanol–water partition coefficient (Wildman–Crippen LogP) is 4.06. The molecule has 40 heavy (non-hydrogen) atoms. The Morgan fingerprint density at radius 3 is 2.67 bits per heavy atom. The van der Waals surface area contributed by atoms with Gasteiger partial charge in [0, 0.05) is 37.5 Å². The van der Waals surface area contributed by atoms with Crippen molar-refractivity contribution in [3.05, 3.63) is 70.4 Å². The van der Waals surface area contributed by atoms with Crippen LogP contribution >= 0.6 is 0 Å². The largest absolute Gasteiger partial charge is 0.573 e. The molecule has 1 atom stereocenters. The second-order valence-electron chi connectivity index (χ2n) is 9.62. The van der Waals surface area contributed by atoms with E-state index in [0.29, 0.717) is 18.0 Å². The van der Waals surface area contributed by atoms with E-state index in [1.54, 1.807) is 6.07 Å². The van der Waals surface area contributed by atoms with Gasteiger partial charge in [-0.15, -0.1) is 13.2 Å². The molecule has 2 heterocycles. The maximum absolute atomic E-state index is 15.1. The number of pyridine rings is 1. The topological polar surface area (TPSA) is 122 Å².